The van der Waals surface area contributed by atoms with Gasteiger partial charge < -0.3 is 8.92 Å². The molecule has 10 heteroatoms. The molecule has 0 atom stereocenters. The Hall–Kier alpha value is -3.79. The summed E-state index contributed by atoms with van der Waals surface area (Å²) in [5.41, 5.74) is 0.610. The molecule has 0 aliphatic carbocycles. The first-order valence-corrected chi connectivity index (χ1v) is 14.1. The number of thioether (sulfide) groups is 1. The lowest BCUT2D eigenvalue weighted by molar-refractivity contribution is -0.123. The number of nitrogens with zero attached hydrogens (tertiary/aromatic N) is 1. The van der Waals surface area contributed by atoms with Crippen LogP contribution in [0.15, 0.2) is 101 Å². The number of para-hydroxylation sites is 1. The molecule has 0 radical (unpaired) electrons. The maximum atomic E-state index is 12.8. The van der Waals surface area contributed by atoms with Gasteiger partial charge in [0.05, 0.1) is 16.5 Å². The van der Waals surface area contributed by atoms with Crippen LogP contribution >= 0.6 is 23.4 Å². The summed E-state index contributed by atoms with van der Waals surface area (Å²) in [6.07, 6.45) is 1.57. The Balaban J connectivity index is 1.23. The molecule has 1 aliphatic heterocycles. The van der Waals surface area contributed by atoms with Gasteiger partial charge in [-0.25, -0.2) is 0 Å². The molecule has 2 amide bonds. The second-order valence-electron chi connectivity index (χ2n) is 8.23. The Morgan fingerprint density at radius 3 is 2.34 bits per heavy atom. The molecular weight excluding hydrogens is 546 g/mol. The number of amides is 2. The quantitative estimate of drug-likeness (QED) is 0.181. The van der Waals surface area contributed by atoms with E-state index < -0.39 is 21.3 Å². The van der Waals surface area contributed by atoms with E-state index in [1.54, 1.807) is 54.6 Å². The number of benzene rings is 4. The number of hydrogen-bond donors (Lipinski definition) is 0. The van der Waals surface area contributed by atoms with Crippen LogP contribution in [-0.2, 0) is 14.9 Å². The molecule has 7 nitrogen and oxygen atoms in total. The molecule has 0 N–H and O–H groups in total. The van der Waals surface area contributed by atoms with Crippen molar-refractivity contribution in [3.05, 3.63) is 106 Å². The van der Waals surface area contributed by atoms with Crippen molar-refractivity contribution >= 4 is 61.5 Å². The van der Waals surface area contributed by atoms with Crippen LogP contribution in [0.1, 0.15) is 5.56 Å². The topological polar surface area (TPSA) is 90.0 Å². The maximum absolute atomic E-state index is 12.8. The third-order valence-electron chi connectivity index (χ3n) is 5.68. The molecule has 0 saturated carbocycles. The molecule has 0 unspecified atom stereocenters. The van der Waals surface area contributed by atoms with E-state index in [1.807, 2.05) is 24.3 Å². The van der Waals surface area contributed by atoms with Crippen molar-refractivity contribution in [3.8, 4) is 11.5 Å². The van der Waals surface area contributed by atoms with Crippen LogP contribution in [0.5, 0.6) is 11.5 Å². The number of halogens is 1. The zero-order valence-corrected chi connectivity index (χ0v) is 22.1. The maximum Gasteiger partial charge on any atom is 0.339 e. The number of ether oxygens (including phenoxy) is 1. The molecule has 4 aromatic carbocycles. The average Bonchev–Trinajstić information content (AvgIpc) is 3.17. The second-order valence-corrected chi connectivity index (χ2v) is 11.2. The van der Waals surface area contributed by atoms with Crippen LogP contribution in [0.4, 0.5) is 4.79 Å². The predicted octanol–water partition coefficient (Wildman–Crippen LogP) is 6.38. The van der Waals surface area contributed by atoms with Gasteiger partial charge in [0.2, 0.25) is 0 Å². The number of rotatable bonds is 8. The highest BCUT2D eigenvalue weighted by molar-refractivity contribution is 8.18. The average molecular weight is 566 g/mol. The highest BCUT2D eigenvalue weighted by atomic mass is 35.5. The van der Waals surface area contributed by atoms with Gasteiger partial charge in [-0.2, -0.15) is 8.42 Å². The standard InChI is InChI=1S/C28H20ClNO6S2/c29-24-7-3-4-8-25(24)35-16-15-30-27(31)26(37-28(30)32)17-19-9-12-22(13-10-19)36-38(33,34)23-14-11-20-5-1-2-6-21(20)18-23/h1-14,17-18H,15-16H2/b26-17-. The van der Waals surface area contributed by atoms with Gasteiger partial charge in [0, 0.05) is 0 Å². The van der Waals surface area contributed by atoms with Gasteiger partial charge in [-0.15, -0.1) is 0 Å². The van der Waals surface area contributed by atoms with Crippen molar-refractivity contribution in [1.82, 2.24) is 4.90 Å². The van der Waals surface area contributed by atoms with Crippen molar-refractivity contribution in [2.24, 2.45) is 0 Å². The lowest BCUT2D eigenvalue weighted by atomic mass is 10.1. The number of carbonyl (C=O) groups excluding carboxylic acids is 2. The molecule has 0 aromatic heterocycles. The van der Waals surface area contributed by atoms with Crippen molar-refractivity contribution in [1.29, 1.82) is 0 Å². The van der Waals surface area contributed by atoms with Crippen molar-refractivity contribution < 1.29 is 26.9 Å². The molecule has 1 aliphatic rings. The Labute approximate surface area is 228 Å². The van der Waals surface area contributed by atoms with E-state index in [0.29, 0.717) is 16.3 Å². The molecule has 5 rings (SSSR count). The summed E-state index contributed by atoms with van der Waals surface area (Å²) in [4.78, 5) is 26.6. The molecule has 1 saturated heterocycles. The third kappa shape index (κ3) is 5.70. The van der Waals surface area contributed by atoms with E-state index in [2.05, 4.69) is 0 Å². The van der Waals surface area contributed by atoms with Crippen LogP contribution in [0, 0.1) is 0 Å². The number of fused-ring (bicyclic) bond motifs is 1. The van der Waals surface area contributed by atoms with Crippen LogP contribution in [0.2, 0.25) is 5.02 Å². The Kier molecular flexibility index (Phi) is 7.42. The molecular formula is C28H20ClNO6S2. The second kappa shape index (κ2) is 10.9. The SMILES string of the molecule is O=C1S/C(=C\c2ccc(OS(=O)(=O)c3ccc4ccccc4c3)cc2)C(=O)N1CCOc1ccccc1Cl. The van der Waals surface area contributed by atoms with E-state index in [4.69, 9.17) is 20.5 Å². The van der Waals surface area contributed by atoms with Crippen LogP contribution in [-0.4, -0.2) is 37.6 Å². The molecule has 0 bridgehead atoms. The van der Waals surface area contributed by atoms with E-state index in [0.717, 1.165) is 27.4 Å². The first-order chi connectivity index (χ1) is 18.3. The van der Waals surface area contributed by atoms with E-state index >= 15 is 0 Å². The van der Waals surface area contributed by atoms with Crippen molar-refractivity contribution in [2.75, 3.05) is 13.2 Å². The fraction of sp³-hybridized carbons (Fsp3) is 0.0714. The summed E-state index contributed by atoms with van der Waals surface area (Å²) in [6.45, 7) is 0.180. The Morgan fingerprint density at radius 2 is 1.58 bits per heavy atom. The highest BCUT2D eigenvalue weighted by Gasteiger charge is 2.34. The molecule has 192 valence electrons. The number of imide groups is 1. The lowest BCUT2D eigenvalue weighted by Gasteiger charge is -2.13. The van der Waals surface area contributed by atoms with E-state index in [-0.39, 0.29) is 28.7 Å². The smallest absolute Gasteiger partial charge is 0.339 e. The Morgan fingerprint density at radius 1 is 0.868 bits per heavy atom. The fourth-order valence-electron chi connectivity index (χ4n) is 3.77. The third-order valence-corrected chi connectivity index (χ3v) is 8.14. The normalized spacial score (nSPS) is 14.9. The zero-order valence-electron chi connectivity index (χ0n) is 19.7. The molecule has 4 aromatic rings. The minimum absolute atomic E-state index is 0.0486. The first-order valence-electron chi connectivity index (χ1n) is 11.5. The minimum atomic E-state index is -4.04. The van der Waals surface area contributed by atoms with E-state index in [9.17, 15) is 18.0 Å². The van der Waals surface area contributed by atoms with Gasteiger partial charge >= 0.3 is 10.1 Å². The number of carbonyl (C=O) groups is 2. The Bertz CT molecular complexity index is 1670. The van der Waals surface area contributed by atoms with E-state index in [1.165, 1.54) is 18.2 Å². The summed E-state index contributed by atoms with van der Waals surface area (Å²) in [5, 5.41) is 1.76. The van der Waals surface area contributed by atoms with Crippen LogP contribution < -0.4 is 8.92 Å². The fourth-order valence-corrected chi connectivity index (χ4v) is 5.79. The largest absolute Gasteiger partial charge is 0.490 e. The van der Waals surface area contributed by atoms with Gasteiger partial charge in [-0.05, 0) is 70.6 Å². The van der Waals surface area contributed by atoms with Gasteiger partial charge in [-0.3, -0.25) is 14.5 Å². The van der Waals surface area contributed by atoms with Gasteiger partial charge in [0.15, 0.2) is 0 Å². The summed E-state index contributed by atoms with van der Waals surface area (Å²) >= 11 is 6.89. The van der Waals surface area contributed by atoms with Crippen molar-refractivity contribution in [2.45, 2.75) is 4.90 Å². The van der Waals surface area contributed by atoms with Crippen LogP contribution in [0.25, 0.3) is 16.8 Å². The molecule has 0 spiro atoms. The number of hydrogen-bond acceptors (Lipinski definition) is 7. The summed E-state index contributed by atoms with van der Waals surface area (Å²) < 4.78 is 36.4. The molecule has 1 heterocycles. The molecule has 38 heavy (non-hydrogen) atoms. The van der Waals surface area contributed by atoms with Crippen molar-refractivity contribution in [3.63, 3.8) is 0 Å². The first kappa shape index (κ1) is 25.8. The van der Waals surface area contributed by atoms with Gasteiger partial charge in [0.1, 0.15) is 23.0 Å². The summed E-state index contributed by atoms with van der Waals surface area (Å²) in [6, 6.07) is 25.4. The van der Waals surface area contributed by atoms with Gasteiger partial charge in [-0.1, -0.05) is 66.2 Å². The predicted molar refractivity (Wildman–Crippen MR) is 148 cm³/mol. The highest BCUT2D eigenvalue weighted by Crippen LogP contribution is 2.33. The summed E-state index contributed by atoms with van der Waals surface area (Å²) in [7, 11) is -4.04. The summed E-state index contributed by atoms with van der Waals surface area (Å²) in [5.74, 6) is 0.170. The molecule has 1 fully saturated rings. The lowest BCUT2D eigenvalue weighted by Crippen LogP contribution is -2.32. The monoisotopic (exact) mass is 565 g/mol. The minimum Gasteiger partial charge on any atom is -0.490 e. The van der Waals surface area contributed by atoms with Crippen LogP contribution in [0.3, 0.4) is 0 Å². The van der Waals surface area contributed by atoms with Gasteiger partial charge in [0.25, 0.3) is 11.1 Å². The zero-order chi connectivity index (χ0) is 26.7.